The number of aromatic hydroxyl groups is 1. The average Bonchev–Trinajstić information content (AvgIpc) is 2.93. The zero-order chi connectivity index (χ0) is 29.5. The van der Waals surface area contributed by atoms with E-state index in [-0.39, 0.29) is 33.8 Å². The van der Waals surface area contributed by atoms with Gasteiger partial charge in [0.1, 0.15) is 66.1 Å². The second-order valence-electron chi connectivity index (χ2n) is 9.78. The summed E-state index contributed by atoms with van der Waals surface area (Å²) in [6, 6.07) is 4.78. The van der Waals surface area contributed by atoms with Crippen LogP contribution in [-0.2, 0) is 14.2 Å². The normalized spacial score (nSPS) is 34.5. The molecule has 14 heteroatoms. The number of phenols is 1. The molecule has 0 unspecified atom stereocenters. The molecule has 222 valence electrons. The van der Waals surface area contributed by atoms with E-state index in [9.17, 15) is 45.6 Å². The van der Waals surface area contributed by atoms with E-state index < -0.39 is 80.4 Å². The molecule has 0 aromatic heterocycles. The van der Waals surface area contributed by atoms with Crippen LogP contribution in [0.25, 0.3) is 10.8 Å². The van der Waals surface area contributed by atoms with Gasteiger partial charge in [0.2, 0.25) is 6.29 Å². The SMILES string of the molecule is COc1cccc2c(O[C@@H]3O[C@H](CO[C@H]4O[C@H](CO)[C@@H](O)[C@H](O)[C@H]4O)[C@@H](O)[C@H](O)[C@H]3O)c(C)c(C(C)=O)c(O)c12. The fourth-order valence-corrected chi connectivity index (χ4v) is 5.00. The monoisotopic (exact) mass is 570 g/mol. The molecular formula is C26H34O14. The van der Waals surface area contributed by atoms with Crippen molar-refractivity contribution < 1.29 is 69.3 Å². The van der Waals surface area contributed by atoms with E-state index in [1.807, 2.05) is 0 Å². The Kier molecular flexibility index (Phi) is 9.16. The smallest absolute Gasteiger partial charge is 0.229 e. The number of ketones is 1. The first-order chi connectivity index (χ1) is 18.9. The van der Waals surface area contributed by atoms with E-state index >= 15 is 0 Å². The van der Waals surface area contributed by atoms with Crippen LogP contribution in [0.2, 0.25) is 0 Å². The molecule has 2 heterocycles. The number of aliphatic hydroxyl groups is 7. The first-order valence-corrected chi connectivity index (χ1v) is 12.5. The second kappa shape index (κ2) is 12.1. The van der Waals surface area contributed by atoms with E-state index in [1.165, 1.54) is 21.0 Å². The van der Waals surface area contributed by atoms with Gasteiger partial charge >= 0.3 is 0 Å². The van der Waals surface area contributed by atoms with Gasteiger partial charge in [-0.25, -0.2) is 0 Å². The third-order valence-electron chi connectivity index (χ3n) is 7.21. The predicted molar refractivity (Wildman–Crippen MR) is 134 cm³/mol. The van der Waals surface area contributed by atoms with E-state index in [1.54, 1.807) is 18.2 Å². The van der Waals surface area contributed by atoms with Gasteiger partial charge < -0.3 is 64.5 Å². The number of benzene rings is 2. The Bertz CT molecular complexity index is 1220. The summed E-state index contributed by atoms with van der Waals surface area (Å²) < 4.78 is 27.8. The molecule has 2 aromatic rings. The van der Waals surface area contributed by atoms with Crippen molar-refractivity contribution in [1.29, 1.82) is 0 Å². The van der Waals surface area contributed by atoms with Gasteiger partial charge in [-0.1, -0.05) is 12.1 Å². The Morgan fingerprint density at radius 3 is 2.10 bits per heavy atom. The number of rotatable bonds is 8. The first kappa shape index (κ1) is 30.3. The van der Waals surface area contributed by atoms with Gasteiger partial charge in [-0.15, -0.1) is 0 Å². The lowest BCUT2D eigenvalue weighted by Gasteiger charge is -2.42. The third kappa shape index (κ3) is 5.35. The standard InChI is InChI=1S/C26H34O14/c1-9-15(10(2)28)19(31)16-11(5-4-6-12(16)36-3)24(9)40-26-23(35)21(33)18(30)14(39-26)8-37-25-22(34)20(32)17(29)13(7-27)38-25/h4-6,13-14,17-18,20-23,25-27,29-35H,7-8H2,1-3H3/t13-,14-,17-,18-,20+,21+,22-,23-,25+,26+/m1/s1. The molecule has 14 nitrogen and oxygen atoms in total. The molecule has 8 N–H and O–H groups in total. The van der Waals surface area contributed by atoms with Gasteiger partial charge in [0.25, 0.3) is 0 Å². The summed E-state index contributed by atoms with van der Waals surface area (Å²) in [5.41, 5.74) is 0.164. The molecule has 2 aliphatic heterocycles. The van der Waals surface area contributed by atoms with Gasteiger partial charge in [-0.05, 0) is 19.9 Å². The van der Waals surface area contributed by atoms with Crippen molar-refractivity contribution in [1.82, 2.24) is 0 Å². The highest BCUT2D eigenvalue weighted by molar-refractivity contribution is 6.09. The summed E-state index contributed by atoms with van der Waals surface area (Å²) in [6.45, 7) is 1.55. The second-order valence-corrected chi connectivity index (χ2v) is 9.78. The Balaban J connectivity index is 1.62. The summed E-state index contributed by atoms with van der Waals surface area (Å²) in [4.78, 5) is 12.4. The van der Waals surface area contributed by atoms with E-state index in [4.69, 9.17) is 23.7 Å². The van der Waals surface area contributed by atoms with Crippen molar-refractivity contribution in [3.05, 3.63) is 29.3 Å². The number of hydrogen-bond acceptors (Lipinski definition) is 14. The molecule has 40 heavy (non-hydrogen) atoms. The van der Waals surface area contributed by atoms with Crippen molar-refractivity contribution in [3.63, 3.8) is 0 Å². The number of hydrogen-bond donors (Lipinski definition) is 8. The number of methoxy groups -OCH3 is 1. The highest BCUT2D eigenvalue weighted by Crippen LogP contribution is 2.45. The van der Waals surface area contributed by atoms with Gasteiger partial charge in [0.15, 0.2) is 12.1 Å². The summed E-state index contributed by atoms with van der Waals surface area (Å²) in [5, 5.41) is 82.6. The predicted octanol–water partition coefficient (Wildman–Crippen LogP) is -1.93. The lowest BCUT2D eigenvalue weighted by Crippen LogP contribution is -2.62. The Morgan fingerprint density at radius 2 is 1.50 bits per heavy atom. The average molecular weight is 571 g/mol. The number of fused-ring (bicyclic) bond motifs is 1. The van der Waals surface area contributed by atoms with Gasteiger partial charge in [-0.3, -0.25) is 4.79 Å². The Morgan fingerprint density at radius 1 is 0.900 bits per heavy atom. The van der Waals surface area contributed by atoms with E-state index in [0.717, 1.165) is 0 Å². The summed E-state index contributed by atoms with van der Waals surface area (Å²) in [5.74, 6) is -0.512. The van der Waals surface area contributed by atoms with Crippen LogP contribution < -0.4 is 9.47 Å². The molecule has 4 rings (SSSR count). The molecule has 10 atom stereocenters. The molecule has 2 fully saturated rings. The number of carbonyl (C=O) groups excluding carboxylic acids is 1. The molecular weight excluding hydrogens is 536 g/mol. The van der Waals surface area contributed by atoms with Crippen LogP contribution in [0.1, 0.15) is 22.8 Å². The topological polar surface area (TPSA) is 225 Å². The zero-order valence-corrected chi connectivity index (χ0v) is 21.9. The zero-order valence-electron chi connectivity index (χ0n) is 21.9. The molecule has 0 saturated carbocycles. The minimum Gasteiger partial charge on any atom is -0.506 e. The molecule has 0 spiro atoms. The van der Waals surface area contributed by atoms with Crippen LogP contribution in [0.4, 0.5) is 0 Å². The molecule has 0 radical (unpaired) electrons. The van der Waals surface area contributed by atoms with Crippen LogP contribution in [-0.4, -0.2) is 128 Å². The van der Waals surface area contributed by atoms with Gasteiger partial charge in [-0.2, -0.15) is 0 Å². The summed E-state index contributed by atoms with van der Waals surface area (Å²) in [6.07, 6.45) is -16.0. The summed E-state index contributed by atoms with van der Waals surface area (Å²) in [7, 11) is 1.38. The minimum atomic E-state index is -1.78. The van der Waals surface area contributed by atoms with Crippen molar-refractivity contribution in [2.45, 2.75) is 75.3 Å². The van der Waals surface area contributed by atoms with E-state index in [2.05, 4.69) is 0 Å². The van der Waals surface area contributed by atoms with Crippen molar-refractivity contribution in [2.24, 2.45) is 0 Å². The Labute approximate surface area is 228 Å². The molecule has 2 aliphatic rings. The maximum atomic E-state index is 12.4. The quantitative estimate of drug-likeness (QED) is 0.162. The van der Waals surface area contributed by atoms with Crippen LogP contribution in [0.3, 0.4) is 0 Å². The lowest BCUT2D eigenvalue weighted by molar-refractivity contribution is -0.323. The maximum absolute atomic E-state index is 12.4. The highest BCUT2D eigenvalue weighted by atomic mass is 16.7. The van der Waals surface area contributed by atoms with Crippen molar-refractivity contribution in [2.75, 3.05) is 20.3 Å². The Hall–Kier alpha value is -2.63. The lowest BCUT2D eigenvalue weighted by atomic mass is 9.95. The minimum absolute atomic E-state index is 0.0399. The highest BCUT2D eigenvalue weighted by Gasteiger charge is 2.48. The number of phenolic OH excluding ortho intramolecular Hbond substituents is 1. The maximum Gasteiger partial charge on any atom is 0.229 e. The van der Waals surface area contributed by atoms with Crippen LogP contribution in [0.5, 0.6) is 17.2 Å². The number of ether oxygens (including phenoxy) is 5. The molecule has 0 aliphatic carbocycles. The molecule has 2 aromatic carbocycles. The fourth-order valence-electron chi connectivity index (χ4n) is 5.00. The van der Waals surface area contributed by atoms with Crippen molar-refractivity contribution in [3.8, 4) is 17.2 Å². The van der Waals surface area contributed by atoms with Gasteiger partial charge in [0.05, 0.1) is 31.3 Å². The first-order valence-electron chi connectivity index (χ1n) is 12.5. The third-order valence-corrected chi connectivity index (χ3v) is 7.21. The van der Waals surface area contributed by atoms with Gasteiger partial charge in [0, 0.05) is 10.9 Å². The number of aliphatic hydroxyl groups excluding tert-OH is 7. The molecule has 2 saturated heterocycles. The van der Waals surface area contributed by atoms with E-state index in [0.29, 0.717) is 5.39 Å². The molecule has 0 bridgehead atoms. The summed E-state index contributed by atoms with van der Waals surface area (Å²) >= 11 is 0. The number of Topliss-reactive ketones (excluding diaryl/α,β-unsaturated/α-hetero) is 1. The van der Waals surface area contributed by atoms with Crippen LogP contribution in [0.15, 0.2) is 18.2 Å². The number of carbonyl (C=O) groups is 1. The molecule has 0 amide bonds. The fraction of sp³-hybridized carbons (Fsp3) is 0.577. The van der Waals surface area contributed by atoms with Crippen LogP contribution >= 0.6 is 0 Å². The van der Waals surface area contributed by atoms with Crippen molar-refractivity contribution >= 4 is 16.6 Å². The van der Waals surface area contributed by atoms with Crippen LogP contribution in [0, 0.1) is 6.92 Å². The largest absolute Gasteiger partial charge is 0.506 e.